The third-order valence-electron chi connectivity index (χ3n) is 18.1. The van der Waals surface area contributed by atoms with Crippen molar-refractivity contribution in [3.05, 3.63) is 0 Å². The number of aliphatic hydroxyl groups excluding tert-OH is 1. The van der Waals surface area contributed by atoms with Gasteiger partial charge < -0.3 is 33.8 Å². The molecule has 0 aromatic carbocycles. The first-order chi connectivity index (χ1) is 46.1. The number of phosphoric ester groups is 2. The summed E-state index contributed by atoms with van der Waals surface area (Å²) < 4.78 is 68.3. The number of hydrogen-bond donors (Lipinski definition) is 3. The van der Waals surface area contributed by atoms with Crippen LogP contribution in [0.15, 0.2) is 0 Å². The van der Waals surface area contributed by atoms with Crippen LogP contribution in [-0.2, 0) is 65.4 Å². The molecule has 0 heterocycles. The normalized spacial score (nSPS) is 14.2. The molecule has 0 aromatic rings. The maximum Gasteiger partial charge on any atom is 0.472 e. The summed E-state index contributed by atoms with van der Waals surface area (Å²) in [7, 11) is -9.90. The average molecular weight is 1400 g/mol. The molecule has 0 rings (SSSR count). The largest absolute Gasteiger partial charge is 0.472 e. The van der Waals surface area contributed by atoms with E-state index in [0.717, 1.165) is 109 Å². The van der Waals surface area contributed by atoms with Crippen molar-refractivity contribution in [3.8, 4) is 0 Å². The van der Waals surface area contributed by atoms with Crippen LogP contribution in [0.1, 0.15) is 401 Å². The van der Waals surface area contributed by atoms with Crippen molar-refractivity contribution < 1.29 is 80.2 Å². The van der Waals surface area contributed by atoms with Crippen molar-refractivity contribution in [2.45, 2.75) is 419 Å². The zero-order valence-electron chi connectivity index (χ0n) is 61.8. The molecule has 0 amide bonds. The van der Waals surface area contributed by atoms with Gasteiger partial charge in [-0.2, -0.15) is 0 Å². The van der Waals surface area contributed by atoms with Gasteiger partial charge in [0.2, 0.25) is 0 Å². The van der Waals surface area contributed by atoms with Gasteiger partial charge in [-0.05, 0) is 31.6 Å². The van der Waals surface area contributed by atoms with Gasteiger partial charge in [0.25, 0.3) is 0 Å². The number of esters is 4. The molecule has 564 valence electrons. The zero-order chi connectivity index (χ0) is 69.8. The van der Waals surface area contributed by atoms with E-state index >= 15 is 0 Å². The van der Waals surface area contributed by atoms with Crippen LogP contribution in [0.5, 0.6) is 0 Å². The molecule has 0 aromatic heterocycles. The summed E-state index contributed by atoms with van der Waals surface area (Å²) in [5.41, 5.74) is 0. The first kappa shape index (κ1) is 93.1. The second-order valence-electron chi connectivity index (χ2n) is 27.6. The average Bonchev–Trinajstić information content (AvgIpc) is 1.32. The lowest BCUT2D eigenvalue weighted by Gasteiger charge is -2.21. The molecule has 6 atom stereocenters. The lowest BCUT2D eigenvalue weighted by atomic mass is 9.99. The molecular formula is C76H148O17P2. The molecule has 19 heteroatoms. The van der Waals surface area contributed by atoms with E-state index in [0.29, 0.717) is 25.7 Å². The highest BCUT2D eigenvalue weighted by molar-refractivity contribution is 7.47. The van der Waals surface area contributed by atoms with Crippen LogP contribution in [0.25, 0.3) is 0 Å². The van der Waals surface area contributed by atoms with E-state index in [-0.39, 0.29) is 25.7 Å². The van der Waals surface area contributed by atoms with E-state index < -0.39 is 97.5 Å². The summed E-state index contributed by atoms with van der Waals surface area (Å²) >= 11 is 0. The van der Waals surface area contributed by atoms with Crippen LogP contribution < -0.4 is 0 Å². The number of rotatable bonds is 76. The summed E-state index contributed by atoms with van der Waals surface area (Å²) in [6, 6.07) is 0. The maximum atomic E-state index is 13.1. The first-order valence-electron chi connectivity index (χ1n) is 39.7. The summed E-state index contributed by atoms with van der Waals surface area (Å²) in [6.07, 6.45) is 58.5. The highest BCUT2D eigenvalue weighted by Crippen LogP contribution is 2.45. The number of aliphatic hydroxyl groups is 1. The van der Waals surface area contributed by atoms with Gasteiger partial charge in [-0.25, -0.2) is 9.13 Å². The lowest BCUT2D eigenvalue weighted by Crippen LogP contribution is -2.30. The van der Waals surface area contributed by atoms with Gasteiger partial charge in [-0.1, -0.05) is 349 Å². The SMILES string of the molecule is CCCCCCCCCCCCCCCCCCCCCCCC(=O)O[C@H](COC(=O)CCCCCCCCCCCCCCCCC(C)CC)COP(=O)(O)OC[C@@H](O)COP(=O)(O)OC[C@@H](COC(=O)CCCCCCCCC)OC(=O)CCCCCCCCCCC. The van der Waals surface area contributed by atoms with Crippen LogP contribution in [0.3, 0.4) is 0 Å². The fraction of sp³-hybridized carbons (Fsp3) is 0.947. The number of hydrogen-bond acceptors (Lipinski definition) is 15. The summed E-state index contributed by atoms with van der Waals surface area (Å²) in [6.45, 7) is 7.28. The van der Waals surface area contributed by atoms with Crippen molar-refractivity contribution >= 4 is 39.5 Å². The topological polar surface area (TPSA) is 237 Å². The molecule has 3 unspecified atom stereocenters. The maximum absolute atomic E-state index is 13.1. The van der Waals surface area contributed by atoms with Crippen molar-refractivity contribution in [2.75, 3.05) is 39.6 Å². The fourth-order valence-electron chi connectivity index (χ4n) is 11.7. The van der Waals surface area contributed by atoms with Crippen molar-refractivity contribution in [1.82, 2.24) is 0 Å². The highest BCUT2D eigenvalue weighted by atomic mass is 31.2. The van der Waals surface area contributed by atoms with Crippen LogP contribution in [0.2, 0.25) is 0 Å². The number of phosphoric acid groups is 2. The number of unbranched alkanes of at least 4 members (excludes halogenated alkanes) is 47. The molecule has 0 fully saturated rings. The minimum absolute atomic E-state index is 0.106. The molecule has 0 saturated heterocycles. The van der Waals surface area contributed by atoms with E-state index in [1.165, 1.54) is 212 Å². The Kier molecular flexibility index (Phi) is 67.7. The minimum atomic E-state index is -4.96. The van der Waals surface area contributed by atoms with Crippen LogP contribution in [0.4, 0.5) is 0 Å². The van der Waals surface area contributed by atoms with Gasteiger partial charge in [0, 0.05) is 25.7 Å². The standard InChI is InChI=1S/C76H148O17P2/c1-6-10-13-16-19-21-22-23-24-25-26-27-28-29-30-35-38-42-47-52-57-62-76(81)93-72(66-87-74(79)60-55-50-45-41-37-34-32-31-33-36-40-44-48-53-58-69(5)9-4)68-91-95(84,85)89-64-70(77)63-88-94(82,83)90-67-71(65-86-73(78)59-54-49-43-18-15-12-8-3)92-75(80)61-56-51-46-39-20-17-14-11-7-2/h69-72,77H,6-68H2,1-5H3,(H,82,83)(H,84,85)/t69?,70-,71+,72+/m0/s1. The zero-order valence-corrected chi connectivity index (χ0v) is 63.6. The monoisotopic (exact) mass is 1400 g/mol. The number of ether oxygens (including phenoxy) is 4. The molecular weight excluding hydrogens is 1250 g/mol. The van der Waals surface area contributed by atoms with Gasteiger partial charge in [0.05, 0.1) is 26.4 Å². The Morgan fingerprint density at radius 1 is 0.295 bits per heavy atom. The molecule has 0 radical (unpaired) electrons. The van der Waals surface area contributed by atoms with Gasteiger partial charge in [-0.3, -0.25) is 37.3 Å². The van der Waals surface area contributed by atoms with Crippen LogP contribution in [-0.4, -0.2) is 96.7 Å². The molecule has 0 bridgehead atoms. The highest BCUT2D eigenvalue weighted by Gasteiger charge is 2.30. The Balaban J connectivity index is 5.14. The second kappa shape index (κ2) is 69.2. The molecule has 0 aliphatic heterocycles. The number of carbonyl (C=O) groups excluding carboxylic acids is 4. The van der Waals surface area contributed by atoms with Crippen molar-refractivity contribution in [1.29, 1.82) is 0 Å². The second-order valence-corrected chi connectivity index (χ2v) is 30.5. The third-order valence-corrected chi connectivity index (χ3v) is 20.0. The number of carbonyl (C=O) groups is 4. The van der Waals surface area contributed by atoms with E-state index in [1.54, 1.807) is 0 Å². The van der Waals surface area contributed by atoms with E-state index in [1.807, 2.05) is 0 Å². The van der Waals surface area contributed by atoms with Gasteiger partial charge in [-0.15, -0.1) is 0 Å². The minimum Gasteiger partial charge on any atom is -0.462 e. The molecule has 0 saturated carbocycles. The first-order valence-corrected chi connectivity index (χ1v) is 42.7. The lowest BCUT2D eigenvalue weighted by molar-refractivity contribution is -0.161. The van der Waals surface area contributed by atoms with Gasteiger partial charge in [0.15, 0.2) is 12.2 Å². The van der Waals surface area contributed by atoms with Gasteiger partial charge in [0.1, 0.15) is 19.3 Å². The fourth-order valence-corrected chi connectivity index (χ4v) is 13.3. The van der Waals surface area contributed by atoms with Crippen LogP contribution >= 0.6 is 15.6 Å². The molecule has 0 spiro atoms. The van der Waals surface area contributed by atoms with E-state index in [2.05, 4.69) is 34.6 Å². The molecule has 17 nitrogen and oxygen atoms in total. The molecule has 0 aliphatic carbocycles. The summed E-state index contributed by atoms with van der Waals surface area (Å²) in [5.74, 6) is -1.27. The third kappa shape index (κ3) is 69.0. The Hall–Kier alpha value is -1.94. The Morgan fingerprint density at radius 2 is 0.505 bits per heavy atom. The predicted octanol–water partition coefficient (Wildman–Crippen LogP) is 22.5. The molecule has 95 heavy (non-hydrogen) atoms. The summed E-state index contributed by atoms with van der Waals surface area (Å²) in [5, 5.41) is 10.6. The Bertz CT molecular complexity index is 1820. The predicted molar refractivity (Wildman–Crippen MR) is 386 cm³/mol. The Morgan fingerprint density at radius 3 is 0.747 bits per heavy atom. The summed E-state index contributed by atoms with van der Waals surface area (Å²) in [4.78, 5) is 72.6. The van der Waals surface area contributed by atoms with Crippen molar-refractivity contribution in [2.24, 2.45) is 5.92 Å². The van der Waals surface area contributed by atoms with Crippen molar-refractivity contribution in [3.63, 3.8) is 0 Å². The quantitative estimate of drug-likeness (QED) is 0.0222. The molecule has 0 aliphatic rings. The van der Waals surface area contributed by atoms with Crippen LogP contribution in [0, 0.1) is 5.92 Å². The smallest absolute Gasteiger partial charge is 0.462 e. The van der Waals surface area contributed by atoms with E-state index in [9.17, 15) is 43.2 Å². The Labute approximate surface area is 581 Å². The molecule has 3 N–H and O–H groups in total. The van der Waals surface area contributed by atoms with Gasteiger partial charge >= 0.3 is 39.5 Å². The van der Waals surface area contributed by atoms with E-state index in [4.69, 9.17) is 37.0 Å².